The molecule has 3 nitrogen and oxygen atoms in total. The Morgan fingerprint density at radius 3 is 2.95 bits per heavy atom. The second kappa shape index (κ2) is 6.29. The quantitative estimate of drug-likeness (QED) is 0.934. The summed E-state index contributed by atoms with van der Waals surface area (Å²) in [7, 11) is 0. The summed E-state index contributed by atoms with van der Waals surface area (Å²) in [6.07, 6.45) is 0.454. The molecule has 0 bridgehead atoms. The number of fused-ring (bicyclic) bond motifs is 1. The molecule has 0 spiro atoms. The van der Waals surface area contributed by atoms with Crippen LogP contribution in [-0.2, 0) is 11.2 Å². The van der Waals surface area contributed by atoms with Crippen molar-refractivity contribution in [2.75, 3.05) is 13.2 Å². The van der Waals surface area contributed by atoms with E-state index in [9.17, 15) is 5.11 Å². The van der Waals surface area contributed by atoms with E-state index < -0.39 is 6.10 Å². The summed E-state index contributed by atoms with van der Waals surface area (Å²) in [5.74, 6) is 0.764. The van der Waals surface area contributed by atoms with Crippen LogP contribution in [0.15, 0.2) is 48.5 Å². The number of hydrogen-bond acceptors (Lipinski definition) is 3. The average Bonchev–Trinajstić information content (AvgIpc) is 2.53. The van der Waals surface area contributed by atoms with Crippen molar-refractivity contribution in [3.05, 3.63) is 65.2 Å². The fourth-order valence-corrected chi connectivity index (χ4v) is 2.65. The Morgan fingerprint density at radius 1 is 1.24 bits per heavy atom. The van der Waals surface area contributed by atoms with Gasteiger partial charge in [-0.1, -0.05) is 36.4 Å². The highest BCUT2D eigenvalue weighted by Crippen LogP contribution is 2.28. The first-order chi connectivity index (χ1) is 10.2. The van der Waals surface area contributed by atoms with Crippen LogP contribution in [0.1, 0.15) is 35.8 Å². The van der Waals surface area contributed by atoms with E-state index >= 15 is 0 Å². The third kappa shape index (κ3) is 3.26. The molecule has 1 aliphatic rings. The van der Waals surface area contributed by atoms with E-state index in [0.29, 0.717) is 6.61 Å². The number of aliphatic hydroxyl groups is 1. The van der Waals surface area contributed by atoms with Gasteiger partial charge in [0.2, 0.25) is 0 Å². The van der Waals surface area contributed by atoms with Crippen LogP contribution in [-0.4, -0.2) is 18.3 Å². The Morgan fingerprint density at radius 2 is 2.10 bits per heavy atom. The zero-order valence-corrected chi connectivity index (χ0v) is 12.2. The van der Waals surface area contributed by atoms with E-state index in [1.807, 2.05) is 30.3 Å². The van der Waals surface area contributed by atoms with Crippen LogP contribution in [0.3, 0.4) is 0 Å². The maximum Gasteiger partial charge on any atom is 0.119 e. The van der Waals surface area contributed by atoms with Crippen LogP contribution in [0.5, 0.6) is 5.75 Å². The summed E-state index contributed by atoms with van der Waals surface area (Å²) >= 11 is 0. The first kappa shape index (κ1) is 14.1. The van der Waals surface area contributed by atoms with Gasteiger partial charge in [-0.25, -0.2) is 0 Å². The normalized spacial score (nSPS) is 18.9. The lowest BCUT2D eigenvalue weighted by atomic mass is 9.98. The number of aliphatic hydroxyl groups excluding tert-OH is 1. The molecule has 0 saturated heterocycles. The Kier molecular flexibility index (Phi) is 4.23. The van der Waals surface area contributed by atoms with Crippen molar-refractivity contribution in [2.45, 2.75) is 25.6 Å². The van der Waals surface area contributed by atoms with Crippen LogP contribution >= 0.6 is 0 Å². The molecule has 0 saturated carbocycles. The van der Waals surface area contributed by atoms with Crippen LogP contribution in [0, 0.1) is 0 Å². The summed E-state index contributed by atoms with van der Waals surface area (Å²) in [4.78, 5) is 0. The summed E-state index contributed by atoms with van der Waals surface area (Å²) in [6, 6.07) is 15.9. The van der Waals surface area contributed by atoms with Gasteiger partial charge >= 0.3 is 0 Å². The molecule has 1 N–H and O–H groups in total. The van der Waals surface area contributed by atoms with Gasteiger partial charge in [-0.2, -0.15) is 0 Å². The largest absolute Gasteiger partial charge is 0.491 e. The summed E-state index contributed by atoms with van der Waals surface area (Å²) < 4.78 is 11.7. The summed E-state index contributed by atoms with van der Waals surface area (Å²) in [6.45, 7) is 2.97. The van der Waals surface area contributed by atoms with Crippen LogP contribution < -0.4 is 4.74 Å². The van der Waals surface area contributed by atoms with Crippen LogP contribution in [0.2, 0.25) is 0 Å². The molecule has 1 aliphatic heterocycles. The number of rotatable bonds is 4. The highest BCUT2D eigenvalue weighted by atomic mass is 16.5. The maximum absolute atomic E-state index is 9.62. The zero-order valence-electron chi connectivity index (χ0n) is 12.2. The minimum absolute atomic E-state index is 0.0230. The molecule has 2 aromatic carbocycles. The van der Waals surface area contributed by atoms with E-state index in [1.54, 1.807) is 6.92 Å². The third-order valence-corrected chi connectivity index (χ3v) is 3.83. The van der Waals surface area contributed by atoms with Gasteiger partial charge in [-0.3, -0.25) is 0 Å². The van der Waals surface area contributed by atoms with Gasteiger partial charge in [0.15, 0.2) is 0 Å². The smallest absolute Gasteiger partial charge is 0.119 e. The minimum atomic E-state index is -0.486. The van der Waals surface area contributed by atoms with E-state index in [0.717, 1.165) is 24.3 Å². The van der Waals surface area contributed by atoms with Crippen LogP contribution in [0.4, 0.5) is 0 Å². The average molecular weight is 284 g/mol. The molecular weight excluding hydrogens is 264 g/mol. The second-order valence-corrected chi connectivity index (χ2v) is 5.37. The molecule has 21 heavy (non-hydrogen) atoms. The van der Waals surface area contributed by atoms with E-state index in [4.69, 9.17) is 9.47 Å². The molecule has 0 aromatic heterocycles. The molecule has 3 rings (SSSR count). The Bertz CT molecular complexity index is 607. The summed E-state index contributed by atoms with van der Waals surface area (Å²) in [5.41, 5.74) is 3.42. The van der Waals surface area contributed by atoms with Gasteiger partial charge in [-0.05, 0) is 42.2 Å². The SMILES string of the molecule is C[C@H](O)c1cccc(OCC2OCCc3ccccc32)c1. The number of benzene rings is 2. The van der Waals surface area contributed by atoms with Crippen molar-refractivity contribution in [3.63, 3.8) is 0 Å². The second-order valence-electron chi connectivity index (χ2n) is 5.37. The number of ether oxygens (including phenoxy) is 2. The highest BCUT2D eigenvalue weighted by molar-refractivity contribution is 5.32. The van der Waals surface area contributed by atoms with Crippen molar-refractivity contribution in [1.82, 2.24) is 0 Å². The van der Waals surface area contributed by atoms with Gasteiger partial charge in [0.1, 0.15) is 18.5 Å². The number of hydrogen-bond donors (Lipinski definition) is 1. The molecular formula is C18H20O3. The standard InChI is InChI=1S/C18H20O3/c1-13(19)15-6-4-7-16(11-15)21-12-18-17-8-3-2-5-14(17)9-10-20-18/h2-8,11,13,18-19H,9-10,12H2,1H3/t13-,18?/m0/s1. The lowest BCUT2D eigenvalue weighted by molar-refractivity contribution is 0.0101. The van der Waals surface area contributed by atoms with Crippen molar-refractivity contribution in [3.8, 4) is 5.75 Å². The highest BCUT2D eigenvalue weighted by Gasteiger charge is 2.21. The molecule has 2 aromatic rings. The summed E-state index contributed by atoms with van der Waals surface area (Å²) in [5, 5.41) is 9.62. The first-order valence-corrected chi connectivity index (χ1v) is 7.34. The lowest BCUT2D eigenvalue weighted by Gasteiger charge is -2.26. The lowest BCUT2D eigenvalue weighted by Crippen LogP contribution is -2.21. The van der Waals surface area contributed by atoms with Gasteiger partial charge < -0.3 is 14.6 Å². The Hall–Kier alpha value is -1.84. The molecule has 1 heterocycles. The predicted molar refractivity (Wildman–Crippen MR) is 81.4 cm³/mol. The molecule has 3 heteroatoms. The fourth-order valence-electron chi connectivity index (χ4n) is 2.65. The van der Waals surface area contributed by atoms with E-state index in [-0.39, 0.29) is 6.10 Å². The molecule has 0 amide bonds. The first-order valence-electron chi connectivity index (χ1n) is 7.34. The molecule has 0 aliphatic carbocycles. The molecule has 0 radical (unpaired) electrons. The Balaban J connectivity index is 1.70. The Labute approximate surface area is 125 Å². The zero-order chi connectivity index (χ0) is 14.7. The maximum atomic E-state index is 9.62. The van der Waals surface area contributed by atoms with E-state index in [2.05, 4.69) is 18.2 Å². The monoisotopic (exact) mass is 284 g/mol. The molecule has 2 atom stereocenters. The third-order valence-electron chi connectivity index (χ3n) is 3.83. The van der Waals surface area contributed by atoms with E-state index in [1.165, 1.54) is 11.1 Å². The van der Waals surface area contributed by atoms with Crippen molar-refractivity contribution >= 4 is 0 Å². The van der Waals surface area contributed by atoms with Crippen LogP contribution in [0.25, 0.3) is 0 Å². The van der Waals surface area contributed by atoms with Gasteiger partial charge in [0, 0.05) is 0 Å². The van der Waals surface area contributed by atoms with Gasteiger partial charge in [-0.15, -0.1) is 0 Å². The fraction of sp³-hybridized carbons (Fsp3) is 0.333. The topological polar surface area (TPSA) is 38.7 Å². The van der Waals surface area contributed by atoms with Crippen molar-refractivity contribution in [2.24, 2.45) is 0 Å². The molecule has 0 fully saturated rings. The van der Waals surface area contributed by atoms with Gasteiger partial charge in [0.05, 0.1) is 12.7 Å². The van der Waals surface area contributed by atoms with Crippen molar-refractivity contribution in [1.29, 1.82) is 0 Å². The van der Waals surface area contributed by atoms with Crippen molar-refractivity contribution < 1.29 is 14.6 Å². The molecule has 110 valence electrons. The van der Waals surface area contributed by atoms with Gasteiger partial charge in [0.25, 0.3) is 0 Å². The molecule has 1 unspecified atom stereocenters. The minimum Gasteiger partial charge on any atom is -0.491 e. The predicted octanol–water partition coefficient (Wildman–Crippen LogP) is 3.43.